The Labute approximate surface area is 107 Å². The Kier molecular flexibility index (Phi) is 4.12. The number of aliphatic hydroxyl groups excluding tert-OH is 1. The van der Waals surface area contributed by atoms with Gasteiger partial charge in [0.25, 0.3) is 0 Å². The zero-order chi connectivity index (χ0) is 13.0. The summed E-state index contributed by atoms with van der Waals surface area (Å²) < 4.78 is 0. The van der Waals surface area contributed by atoms with E-state index in [4.69, 9.17) is 0 Å². The topological polar surface area (TPSA) is 60.9 Å². The van der Waals surface area contributed by atoms with Crippen LogP contribution in [0.2, 0.25) is 0 Å². The molecule has 1 heterocycles. The van der Waals surface area contributed by atoms with Crippen LogP contribution in [0.4, 0.5) is 0 Å². The van der Waals surface area contributed by atoms with E-state index in [2.05, 4.69) is 15.5 Å². The van der Waals surface area contributed by atoms with E-state index in [9.17, 15) is 5.11 Å². The molecule has 0 aliphatic carbocycles. The summed E-state index contributed by atoms with van der Waals surface area (Å²) in [5.41, 5.74) is 4.20. The molecule has 1 atom stereocenters. The fraction of sp³-hybridized carbons (Fsp3) is 0.357. The number of H-pyrrole nitrogens is 1. The number of nitrogens with one attached hydrogen (secondary N) is 2. The Morgan fingerprint density at radius 2 is 2.00 bits per heavy atom. The highest BCUT2D eigenvalue weighted by molar-refractivity contribution is 5.23. The van der Waals surface area contributed by atoms with Crippen LogP contribution in [0.3, 0.4) is 0 Å². The third-order valence-electron chi connectivity index (χ3n) is 3.10. The van der Waals surface area contributed by atoms with E-state index in [1.54, 1.807) is 0 Å². The average molecular weight is 245 g/mol. The van der Waals surface area contributed by atoms with E-state index >= 15 is 0 Å². The van der Waals surface area contributed by atoms with Crippen molar-refractivity contribution in [1.29, 1.82) is 0 Å². The van der Waals surface area contributed by atoms with E-state index in [1.807, 2.05) is 44.2 Å². The number of hydrogen-bond donors (Lipinski definition) is 3. The van der Waals surface area contributed by atoms with Crippen LogP contribution < -0.4 is 5.32 Å². The number of aromatic amines is 1. The smallest absolute Gasteiger partial charge is 0.0914 e. The van der Waals surface area contributed by atoms with Crippen LogP contribution in [-0.4, -0.2) is 21.8 Å². The molecule has 0 fully saturated rings. The second kappa shape index (κ2) is 5.80. The van der Waals surface area contributed by atoms with Gasteiger partial charge in [-0.25, -0.2) is 0 Å². The highest BCUT2D eigenvalue weighted by Gasteiger charge is 2.08. The third kappa shape index (κ3) is 2.97. The first-order chi connectivity index (χ1) is 8.68. The summed E-state index contributed by atoms with van der Waals surface area (Å²) in [5, 5.41) is 20.4. The molecule has 0 aliphatic heterocycles. The Morgan fingerprint density at radius 3 is 2.61 bits per heavy atom. The molecule has 18 heavy (non-hydrogen) atoms. The van der Waals surface area contributed by atoms with E-state index in [-0.39, 0.29) is 0 Å². The van der Waals surface area contributed by atoms with Crippen molar-refractivity contribution >= 4 is 0 Å². The lowest BCUT2D eigenvalue weighted by Crippen LogP contribution is -2.21. The summed E-state index contributed by atoms with van der Waals surface area (Å²) in [6.45, 7) is 5.24. The average Bonchev–Trinajstić information content (AvgIpc) is 2.71. The van der Waals surface area contributed by atoms with Gasteiger partial charge in [-0.1, -0.05) is 30.3 Å². The summed E-state index contributed by atoms with van der Waals surface area (Å²) in [4.78, 5) is 0. The monoisotopic (exact) mass is 245 g/mol. The predicted octanol–water partition coefficient (Wildman–Crippen LogP) is 1.85. The highest BCUT2D eigenvalue weighted by atomic mass is 16.3. The number of aryl methyl sites for hydroxylation is 2. The minimum atomic E-state index is -0.473. The van der Waals surface area contributed by atoms with Crippen LogP contribution in [0.1, 0.15) is 28.6 Å². The van der Waals surface area contributed by atoms with E-state index in [0.29, 0.717) is 6.54 Å². The molecule has 1 aromatic carbocycles. The fourth-order valence-electron chi connectivity index (χ4n) is 1.96. The number of benzene rings is 1. The van der Waals surface area contributed by atoms with Gasteiger partial charge in [0.1, 0.15) is 0 Å². The lowest BCUT2D eigenvalue weighted by Gasteiger charge is -2.12. The molecule has 0 aliphatic rings. The molecule has 4 nitrogen and oxygen atoms in total. The number of nitrogens with zero attached hydrogens (tertiary/aromatic N) is 1. The van der Waals surface area contributed by atoms with Crippen LogP contribution in [-0.2, 0) is 6.54 Å². The largest absolute Gasteiger partial charge is 0.387 e. The molecule has 0 saturated carbocycles. The molecule has 1 aromatic heterocycles. The summed E-state index contributed by atoms with van der Waals surface area (Å²) in [6, 6.07) is 9.68. The van der Waals surface area contributed by atoms with Crippen molar-refractivity contribution in [2.75, 3.05) is 6.54 Å². The standard InChI is InChI=1S/C14H19N3O/c1-10-13(11(2)17-16-10)8-15-9-14(18)12-6-4-3-5-7-12/h3-7,14-15,18H,8-9H2,1-2H3,(H,16,17). The molecule has 0 bridgehead atoms. The molecule has 0 spiro atoms. The molecule has 0 amide bonds. The molecule has 3 N–H and O–H groups in total. The van der Waals surface area contributed by atoms with Crippen molar-refractivity contribution in [2.45, 2.75) is 26.5 Å². The van der Waals surface area contributed by atoms with Gasteiger partial charge in [-0.15, -0.1) is 0 Å². The van der Waals surface area contributed by atoms with Crippen molar-refractivity contribution in [3.05, 3.63) is 52.8 Å². The Balaban J connectivity index is 1.86. The minimum Gasteiger partial charge on any atom is -0.387 e. The number of rotatable bonds is 5. The molecule has 2 rings (SSSR count). The van der Waals surface area contributed by atoms with Crippen molar-refractivity contribution < 1.29 is 5.11 Å². The van der Waals surface area contributed by atoms with Gasteiger partial charge in [0.15, 0.2) is 0 Å². The maximum atomic E-state index is 10.0. The quantitative estimate of drug-likeness (QED) is 0.753. The second-order valence-electron chi connectivity index (χ2n) is 4.47. The summed E-state index contributed by atoms with van der Waals surface area (Å²) in [7, 11) is 0. The molecule has 0 radical (unpaired) electrons. The molecule has 2 aromatic rings. The summed E-state index contributed by atoms with van der Waals surface area (Å²) in [6.07, 6.45) is -0.473. The predicted molar refractivity (Wildman–Crippen MR) is 71.2 cm³/mol. The van der Waals surface area contributed by atoms with Gasteiger partial charge in [0.2, 0.25) is 0 Å². The third-order valence-corrected chi connectivity index (χ3v) is 3.10. The lowest BCUT2D eigenvalue weighted by atomic mass is 10.1. The van der Waals surface area contributed by atoms with E-state index < -0.39 is 6.10 Å². The second-order valence-corrected chi connectivity index (χ2v) is 4.47. The maximum Gasteiger partial charge on any atom is 0.0914 e. The van der Waals surface area contributed by atoms with E-state index in [1.165, 1.54) is 5.56 Å². The minimum absolute atomic E-state index is 0.473. The van der Waals surface area contributed by atoms with Gasteiger partial charge >= 0.3 is 0 Å². The van der Waals surface area contributed by atoms with Gasteiger partial charge in [-0.3, -0.25) is 5.10 Å². The molecular weight excluding hydrogens is 226 g/mol. The zero-order valence-corrected chi connectivity index (χ0v) is 10.8. The van der Waals surface area contributed by atoms with Gasteiger partial charge in [0.05, 0.1) is 11.8 Å². The van der Waals surface area contributed by atoms with Gasteiger partial charge in [0, 0.05) is 24.3 Å². The molecule has 1 unspecified atom stereocenters. The van der Waals surface area contributed by atoms with Crippen LogP contribution in [0, 0.1) is 13.8 Å². The zero-order valence-electron chi connectivity index (χ0n) is 10.8. The Bertz CT molecular complexity index is 473. The summed E-state index contributed by atoms with van der Waals surface area (Å²) in [5.74, 6) is 0. The van der Waals surface area contributed by atoms with E-state index in [0.717, 1.165) is 23.5 Å². The first-order valence-corrected chi connectivity index (χ1v) is 6.12. The normalized spacial score (nSPS) is 12.6. The highest BCUT2D eigenvalue weighted by Crippen LogP contribution is 2.12. The van der Waals surface area contributed by atoms with Crippen LogP contribution in [0.5, 0.6) is 0 Å². The van der Waals surface area contributed by atoms with Gasteiger partial charge in [-0.05, 0) is 19.4 Å². The molecule has 4 heteroatoms. The van der Waals surface area contributed by atoms with Crippen molar-refractivity contribution in [2.24, 2.45) is 0 Å². The first kappa shape index (κ1) is 12.8. The van der Waals surface area contributed by atoms with Crippen LogP contribution >= 0.6 is 0 Å². The number of hydrogen-bond acceptors (Lipinski definition) is 3. The Hall–Kier alpha value is -1.65. The maximum absolute atomic E-state index is 10.0. The molecule has 0 saturated heterocycles. The lowest BCUT2D eigenvalue weighted by molar-refractivity contribution is 0.174. The summed E-state index contributed by atoms with van der Waals surface area (Å²) >= 11 is 0. The Morgan fingerprint density at radius 1 is 1.28 bits per heavy atom. The number of aliphatic hydroxyl groups is 1. The van der Waals surface area contributed by atoms with Crippen LogP contribution in [0.25, 0.3) is 0 Å². The SMILES string of the molecule is Cc1n[nH]c(C)c1CNCC(O)c1ccccc1. The fourth-order valence-corrected chi connectivity index (χ4v) is 1.96. The van der Waals surface area contributed by atoms with Crippen molar-refractivity contribution in [3.8, 4) is 0 Å². The molecular formula is C14H19N3O. The first-order valence-electron chi connectivity index (χ1n) is 6.12. The van der Waals surface area contributed by atoms with Gasteiger partial charge in [-0.2, -0.15) is 5.10 Å². The number of aromatic nitrogens is 2. The van der Waals surface area contributed by atoms with Gasteiger partial charge < -0.3 is 10.4 Å². The van der Waals surface area contributed by atoms with Crippen molar-refractivity contribution in [3.63, 3.8) is 0 Å². The molecule has 96 valence electrons. The van der Waals surface area contributed by atoms with Crippen molar-refractivity contribution in [1.82, 2.24) is 15.5 Å². The van der Waals surface area contributed by atoms with Crippen LogP contribution in [0.15, 0.2) is 30.3 Å².